The van der Waals surface area contributed by atoms with Gasteiger partial charge in [-0.05, 0) is 20.8 Å². The summed E-state index contributed by atoms with van der Waals surface area (Å²) >= 11 is 1.50. The molecule has 2 heterocycles. The Morgan fingerprint density at radius 2 is 2.16 bits per heavy atom. The lowest BCUT2D eigenvalue weighted by Crippen LogP contribution is -2.54. The van der Waals surface area contributed by atoms with Gasteiger partial charge >= 0.3 is 0 Å². The maximum Gasteiger partial charge on any atom is 0.205 e. The molecule has 6 heteroatoms. The van der Waals surface area contributed by atoms with E-state index in [4.69, 9.17) is 0 Å². The summed E-state index contributed by atoms with van der Waals surface area (Å²) in [6.45, 7) is 11.6. The summed E-state index contributed by atoms with van der Waals surface area (Å²) in [4.78, 5) is 9.22. The molecule has 0 aromatic carbocycles. The van der Waals surface area contributed by atoms with Crippen molar-refractivity contribution >= 4 is 16.7 Å². The Balaban J connectivity index is 1.97. The summed E-state index contributed by atoms with van der Waals surface area (Å²) in [7, 11) is 0. The van der Waals surface area contributed by atoms with E-state index in [1.165, 1.54) is 11.5 Å². The molecule has 1 unspecified atom stereocenters. The quantitative estimate of drug-likeness (QED) is 0.905. The summed E-state index contributed by atoms with van der Waals surface area (Å²) in [6, 6.07) is 0.411. The number of aliphatic hydroxyl groups is 1. The zero-order valence-electron chi connectivity index (χ0n) is 12.3. The number of anilines is 1. The lowest BCUT2D eigenvalue weighted by Gasteiger charge is -2.41. The van der Waals surface area contributed by atoms with E-state index in [9.17, 15) is 5.11 Å². The largest absolute Gasteiger partial charge is 0.389 e. The summed E-state index contributed by atoms with van der Waals surface area (Å²) in [5.41, 5.74) is -0.625. The number of hydrogen-bond acceptors (Lipinski definition) is 6. The van der Waals surface area contributed by atoms with Gasteiger partial charge in [-0.15, -0.1) is 0 Å². The van der Waals surface area contributed by atoms with E-state index in [-0.39, 0.29) is 0 Å². The van der Waals surface area contributed by atoms with Crippen molar-refractivity contribution in [1.29, 1.82) is 0 Å². The monoisotopic (exact) mass is 284 g/mol. The topological polar surface area (TPSA) is 52.5 Å². The van der Waals surface area contributed by atoms with Crippen molar-refractivity contribution in [2.24, 2.45) is 0 Å². The highest BCUT2D eigenvalue weighted by Crippen LogP contribution is 2.23. The van der Waals surface area contributed by atoms with E-state index in [2.05, 4.69) is 33.0 Å². The summed E-state index contributed by atoms with van der Waals surface area (Å²) < 4.78 is 4.36. The zero-order chi connectivity index (χ0) is 14.0. The predicted molar refractivity (Wildman–Crippen MR) is 78.8 cm³/mol. The van der Waals surface area contributed by atoms with Crippen LogP contribution < -0.4 is 4.90 Å². The summed E-state index contributed by atoms with van der Waals surface area (Å²) in [5.74, 6) is 0.936. The second-order valence-electron chi connectivity index (χ2n) is 5.94. The molecule has 1 aromatic rings. The Hall–Kier alpha value is -0.720. The van der Waals surface area contributed by atoms with Crippen LogP contribution in [0.25, 0.3) is 0 Å². The first kappa shape index (κ1) is 14.7. The fourth-order valence-corrected chi connectivity index (χ4v) is 3.39. The number of nitrogens with zero attached hydrogens (tertiary/aromatic N) is 4. The third kappa shape index (κ3) is 3.87. The number of aromatic nitrogens is 2. The van der Waals surface area contributed by atoms with Crippen LogP contribution in [0.3, 0.4) is 0 Å². The third-order valence-electron chi connectivity index (χ3n) is 3.34. The van der Waals surface area contributed by atoms with E-state index in [0.29, 0.717) is 6.04 Å². The molecule has 0 spiro atoms. The molecule has 19 heavy (non-hydrogen) atoms. The molecule has 1 atom stereocenters. The summed E-state index contributed by atoms with van der Waals surface area (Å²) in [6.07, 6.45) is 0.892. The molecule has 0 radical (unpaired) electrons. The highest BCUT2D eigenvalue weighted by atomic mass is 32.1. The molecule has 1 aliphatic rings. The molecule has 1 aromatic heterocycles. The van der Waals surface area contributed by atoms with Gasteiger partial charge in [-0.1, -0.05) is 6.92 Å². The Morgan fingerprint density at radius 3 is 2.68 bits per heavy atom. The fraction of sp³-hybridized carbons (Fsp3) is 0.846. The maximum absolute atomic E-state index is 9.90. The molecule has 0 bridgehead atoms. The molecule has 0 amide bonds. The number of hydrogen-bond donors (Lipinski definition) is 1. The number of rotatable bonds is 4. The average molecular weight is 284 g/mol. The van der Waals surface area contributed by atoms with Crippen molar-refractivity contribution in [3.63, 3.8) is 0 Å². The van der Waals surface area contributed by atoms with Crippen LogP contribution in [-0.4, -0.2) is 57.2 Å². The lowest BCUT2D eigenvalue weighted by atomic mass is 10.1. The first-order valence-corrected chi connectivity index (χ1v) is 7.70. The van der Waals surface area contributed by atoms with Crippen LogP contribution in [-0.2, 0) is 6.42 Å². The van der Waals surface area contributed by atoms with Crippen LogP contribution in [0.4, 0.5) is 5.13 Å². The van der Waals surface area contributed by atoms with Crippen molar-refractivity contribution in [2.45, 2.75) is 45.8 Å². The van der Waals surface area contributed by atoms with Crippen LogP contribution in [0.2, 0.25) is 0 Å². The predicted octanol–water partition coefficient (Wildman–Crippen LogP) is 1.38. The van der Waals surface area contributed by atoms with E-state index in [1.54, 1.807) is 0 Å². The van der Waals surface area contributed by atoms with E-state index >= 15 is 0 Å². The van der Waals surface area contributed by atoms with Crippen molar-refractivity contribution in [3.8, 4) is 0 Å². The fourth-order valence-electron chi connectivity index (χ4n) is 2.51. The van der Waals surface area contributed by atoms with Gasteiger partial charge in [-0.3, -0.25) is 4.90 Å². The van der Waals surface area contributed by atoms with E-state index in [0.717, 1.165) is 43.6 Å². The molecule has 1 fully saturated rings. The average Bonchev–Trinajstić information content (AvgIpc) is 2.75. The van der Waals surface area contributed by atoms with Gasteiger partial charge < -0.3 is 10.0 Å². The SMILES string of the molecule is CCc1nsc(N2CCN(CC(C)(C)O)CC2C)n1. The van der Waals surface area contributed by atoms with Gasteiger partial charge in [0, 0.05) is 50.2 Å². The molecule has 108 valence electrons. The van der Waals surface area contributed by atoms with Crippen LogP contribution in [0.1, 0.15) is 33.5 Å². The standard InChI is InChI=1S/C13H24N4OS/c1-5-11-14-12(19-15-11)17-7-6-16(8-10(17)2)9-13(3,4)18/h10,18H,5-9H2,1-4H3. The van der Waals surface area contributed by atoms with Gasteiger partial charge in [-0.25, -0.2) is 4.98 Å². The Labute approximate surface area is 119 Å². The van der Waals surface area contributed by atoms with Crippen LogP contribution >= 0.6 is 11.5 Å². The van der Waals surface area contributed by atoms with Crippen LogP contribution in [0, 0.1) is 0 Å². The first-order valence-electron chi connectivity index (χ1n) is 6.93. The number of piperazine rings is 1. The third-order valence-corrected chi connectivity index (χ3v) is 4.13. The minimum atomic E-state index is -0.625. The highest BCUT2D eigenvalue weighted by Gasteiger charge is 2.28. The maximum atomic E-state index is 9.90. The number of aryl methyl sites for hydroxylation is 1. The van der Waals surface area contributed by atoms with Gasteiger partial charge in [-0.2, -0.15) is 4.37 Å². The van der Waals surface area contributed by atoms with Crippen molar-refractivity contribution in [3.05, 3.63) is 5.82 Å². The first-order chi connectivity index (χ1) is 8.89. The van der Waals surface area contributed by atoms with Gasteiger partial charge in [0.2, 0.25) is 5.13 Å². The van der Waals surface area contributed by atoms with Crippen molar-refractivity contribution in [2.75, 3.05) is 31.1 Å². The highest BCUT2D eigenvalue weighted by molar-refractivity contribution is 7.09. The van der Waals surface area contributed by atoms with Gasteiger partial charge in [0.05, 0.1) is 5.60 Å². The van der Waals surface area contributed by atoms with Crippen molar-refractivity contribution in [1.82, 2.24) is 14.3 Å². The number of β-amino-alcohol motifs (C(OH)–C–C–N with tert-alkyl or cyclic N) is 1. The van der Waals surface area contributed by atoms with E-state index in [1.807, 2.05) is 13.8 Å². The second kappa shape index (κ2) is 5.73. The zero-order valence-corrected chi connectivity index (χ0v) is 13.1. The minimum absolute atomic E-state index is 0.411. The molecule has 1 N–H and O–H groups in total. The van der Waals surface area contributed by atoms with E-state index < -0.39 is 5.60 Å². The Kier molecular flexibility index (Phi) is 4.43. The molecular weight excluding hydrogens is 260 g/mol. The molecule has 1 aliphatic heterocycles. The minimum Gasteiger partial charge on any atom is -0.389 e. The van der Waals surface area contributed by atoms with Crippen LogP contribution in [0.15, 0.2) is 0 Å². The van der Waals surface area contributed by atoms with Gasteiger partial charge in [0.25, 0.3) is 0 Å². The molecule has 0 saturated carbocycles. The van der Waals surface area contributed by atoms with Crippen molar-refractivity contribution < 1.29 is 5.11 Å². The molecule has 1 saturated heterocycles. The Morgan fingerprint density at radius 1 is 1.42 bits per heavy atom. The molecule has 0 aliphatic carbocycles. The lowest BCUT2D eigenvalue weighted by molar-refractivity contribution is 0.0308. The van der Waals surface area contributed by atoms with Gasteiger partial charge in [0.1, 0.15) is 5.82 Å². The Bertz CT molecular complexity index is 415. The molecular formula is C13H24N4OS. The van der Waals surface area contributed by atoms with Gasteiger partial charge in [0.15, 0.2) is 0 Å². The van der Waals surface area contributed by atoms with Crippen LogP contribution in [0.5, 0.6) is 0 Å². The summed E-state index contributed by atoms with van der Waals surface area (Å²) in [5, 5.41) is 10.9. The second-order valence-corrected chi connectivity index (χ2v) is 6.67. The normalized spacial score (nSPS) is 21.9. The molecule has 2 rings (SSSR count). The smallest absolute Gasteiger partial charge is 0.205 e. The molecule has 5 nitrogen and oxygen atoms in total.